The molecule has 0 atom stereocenters. The summed E-state index contributed by atoms with van der Waals surface area (Å²) in [6.45, 7) is 8.49. The van der Waals surface area contributed by atoms with Gasteiger partial charge in [-0.05, 0) is 30.6 Å². The standard InChI is InChI=1S/C15H18N2O2S/c1-5-19-11-9-7-6-8-10(11)12(18)13-14(15(2,3)4)16-17-20-13/h6-9H,5H2,1-4H3. The zero-order valence-electron chi connectivity index (χ0n) is 12.1. The van der Waals surface area contributed by atoms with Crippen molar-refractivity contribution in [2.24, 2.45) is 0 Å². The fourth-order valence-corrected chi connectivity index (χ4v) is 2.72. The number of para-hydroxylation sites is 1. The van der Waals surface area contributed by atoms with Gasteiger partial charge in [0, 0.05) is 5.41 Å². The van der Waals surface area contributed by atoms with E-state index in [1.54, 1.807) is 6.07 Å². The molecule has 2 aromatic rings. The van der Waals surface area contributed by atoms with Crippen molar-refractivity contribution in [3.8, 4) is 5.75 Å². The monoisotopic (exact) mass is 290 g/mol. The topological polar surface area (TPSA) is 52.1 Å². The summed E-state index contributed by atoms with van der Waals surface area (Å²) in [5, 5.41) is 4.12. The Bertz CT molecular complexity index is 614. The van der Waals surface area contributed by atoms with Crippen LogP contribution in [-0.4, -0.2) is 22.0 Å². The summed E-state index contributed by atoms with van der Waals surface area (Å²) in [7, 11) is 0. The van der Waals surface area contributed by atoms with Gasteiger partial charge in [0.05, 0.1) is 17.9 Å². The lowest BCUT2D eigenvalue weighted by Crippen LogP contribution is -2.17. The number of hydrogen-bond acceptors (Lipinski definition) is 5. The summed E-state index contributed by atoms with van der Waals surface area (Å²) in [5.74, 6) is 0.530. The Morgan fingerprint density at radius 3 is 2.65 bits per heavy atom. The SMILES string of the molecule is CCOc1ccccc1C(=O)c1snnc1C(C)(C)C. The maximum atomic E-state index is 12.7. The van der Waals surface area contributed by atoms with Crippen LogP contribution < -0.4 is 4.74 Å². The smallest absolute Gasteiger partial charge is 0.210 e. The predicted molar refractivity (Wildman–Crippen MR) is 79.7 cm³/mol. The molecule has 0 aliphatic carbocycles. The Hall–Kier alpha value is -1.75. The summed E-state index contributed by atoms with van der Waals surface area (Å²) in [4.78, 5) is 13.3. The normalized spacial score (nSPS) is 11.4. The molecule has 4 nitrogen and oxygen atoms in total. The highest BCUT2D eigenvalue weighted by Gasteiger charge is 2.28. The first-order valence-corrected chi connectivity index (χ1v) is 7.32. The molecule has 5 heteroatoms. The average molecular weight is 290 g/mol. The van der Waals surface area contributed by atoms with Crippen LogP contribution in [0.1, 0.15) is 48.6 Å². The molecule has 0 unspecified atom stereocenters. The molecular formula is C15H18N2O2S. The van der Waals surface area contributed by atoms with Gasteiger partial charge in [0.15, 0.2) is 0 Å². The number of benzene rings is 1. The quantitative estimate of drug-likeness (QED) is 0.809. The van der Waals surface area contributed by atoms with Gasteiger partial charge in [-0.1, -0.05) is 37.4 Å². The largest absolute Gasteiger partial charge is 0.493 e. The minimum absolute atomic E-state index is 0.0750. The number of nitrogens with zero attached hydrogens (tertiary/aromatic N) is 2. The number of aromatic nitrogens is 2. The lowest BCUT2D eigenvalue weighted by Gasteiger charge is -2.16. The highest BCUT2D eigenvalue weighted by atomic mass is 32.1. The Morgan fingerprint density at radius 2 is 2.00 bits per heavy atom. The molecule has 0 N–H and O–H groups in total. The first kappa shape index (κ1) is 14.7. The Labute approximate surface area is 123 Å². The Kier molecular flexibility index (Phi) is 4.18. The van der Waals surface area contributed by atoms with E-state index in [4.69, 9.17) is 4.74 Å². The van der Waals surface area contributed by atoms with E-state index in [0.717, 1.165) is 17.2 Å². The summed E-state index contributed by atoms with van der Waals surface area (Å²) >= 11 is 1.14. The molecule has 0 fully saturated rings. The molecule has 0 bridgehead atoms. The molecule has 0 spiro atoms. The van der Waals surface area contributed by atoms with Crippen LogP contribution in [0.3, 0.4) is 0 Å². The molecule has 1 heterocycles. The molecule has 0 amide bonds. The summed E-state index contributed by atoms with van der Waals surface area (Å²) in [5.41, 5.74) is 1.09. The minimum Gasteiger partial charge on any atom is -0.493 e. The van der Waals surface area contributed by atoms with Gasteiger partial charge in [-0.3, -0.25) is 4.79 Å². The third-order valence-electron chi connectivity index (χ3n) is 2.84. The van der Waals surface area contributed by atoms with Crippen molar-refractivity contribution < 1.29 is 9.53 Å². The van der Waals surface area contributed by atoms with Gasteiger partial charge in [-0.25, -0.2) is 0 Å². The number of ketones is 1. The van der Waals surface area contributed by atoms with Crippen LogP contribution >= 0.6 is 11.5 Å². The average Bonchev–Trinajstić information content (AvgIpc) is 2.88. The molecule has 0 saturated heterocycles. The minimum atomic E-state index is -0.210. The fraction of sp³-hybridized carbons (Fsp3) is 0.400. The molecule has 0 radical (unpaired) electrons. The van der Waals surface area contributed by atoms with E-state index in [1.807, 2.05) is 45.9 Å². The first-order chi connectivity index (χ1) is 9.45. The van der Waals surface area contributed by atoms with Gasteiger partial charge >= 0.3 is 0 Å². The molecule has 0 aliphatic heterocycles. The maximum absolute atomic E-state index is 12.7. The fourth-order valence-electron chi connectivity index (χ4n) is 1.89. The summed E-state index contributed by atoms with van der Waals surface area (Å²) in [6, 6.07) is 7.28. The third-order valence-corrected chi connectivity index (χ3v) is 3.56. The van der Waals surface area contributed by atoms with Gasteiger partial charge in [-0.15, -0.1) is 5.10 Å². The lowest BCUT2D eigenvalue weighted by molar-refractivity contribution is 0.103. The highest BCUT2D eigenvalue weighted by molar-refractivity contribution is 7.08. The van der Waals surface area contributed by atoms with Crippen LogP contribution in [0.25, 0.3) is 0 Å². The molecule has 1 aromatic heterocycles. The van der Waals surface area contributed by atoms with Crippen LogP contribution in [0, 0.1) is 0 Å². The number of hydrogen-bond donors (Lipinski definition) is 0. The molecular weight excluding hydrogens is 272 g/mol. The van der Waals surface area contributed by atoms with E-state index in [-0.39, 0.29) is 11.2 Å². The van der Waals surface area contributed by atoms with Crippen LogP contribution in [-0.2, 0) is 5.41 Å². The molecule has 0 saturated carbocycles. The van der Waals surface area contributed by atoms with Gasteiger partial charge in [0.25, 0.3) is 0 Å². The predicted octanol–water partition coefficient (Wildman–Crippen LogP) is 3.47. The van der Waals surface area contributed by atoms with Crippen LogP contribution in [0.4, 0.5) is 0 Å². The Balaban J connectivity index is 2.45. The second kappa shape index (κ2) is 5.71. The molecule has 2 rings (SSSR count). The third kappa shape index (κ3) is 2.88. The van der Waals surface area contributed by atoms with E-state index in [9.17, 15) is 4.79 Å². The zero-order valence-corrected chi connectivity index (χ0v) is 13.0. The van der Waals surface area contributed by atoms with Crippen molar-refractivity contribution in [1.29, 1.82) is 0 Å². The van der Waals surface area contributed by atoms with Gasteiger partial charge < -0.3 is 4.74 Å². The maximum Gasteiger partial charge on any atom is 0.210 e. The lowest BCUT2D eigenvalue weighted by atomic mass is 9.90. The van der Waals surface area contributed by atoms with Crippen molar-refractivity contribution in [1.82, 2.24) is 9.59 Å². The van der Waals surface area contributed by atoms with Gasteiger partial charge in [-0.2, -0.15) is 0 Å². The molecule has 20 heavy (non-hydrogen) atoms. The van der Waals surface area contributed by atoms with Crippen molar-refractivity contribution >= 4 is 17.3 Å². The van der Waals surface area contributed by atoms with E-state index < -0.39 is 0 Å². The van der Waals surface area contributed by atoms with E-state index in [0.29, 0.717) is 22.8 Å². The van der Waals surface area contributed by atoms with Gasteiger partial charge in [0.2, 0.25) is 5.78 Å². The highest BCUT2D eigenvalue weighted by Crippen LogP contribution is 2.30. The Morgan fingerprint density at radius 1 is 1.30 bits per heavy atom. The van der Waals surface area contributed by atoms with Crippen molar-refractivity contribution in [2.75, 3.05) is 6.61 Å². The van der Waals surface area contributed by atoms with Crippen molar-refractivity contribution in [3.63, 3.8) is 0 Å². The summed E-state index contributed by atoms with van der Waals surface area (Å²) < 4.78 is 9.47. The second-order valence-electron chi connectivity index (χ2n) is 5.46. The second-order valence-corrected chi connectivity index (χ2v) is 6.21. The number of carbonyl (C=O) groups excluding carboxylic acids is 1. The number of rotatable bonds is 4. The van der Waals surface area contributed by atoms with Crippen LogP contribution in [0.15, 0.2) is 24.3 Å². The first-order valence-electron chi connectivity index (χ1n) is 6.54. The van der Waals surface area contributed by atoms with Gasteiger partial charge in [0.1, 0.15) is 10.6 Å². The number of ether oxygens (including phenoxy) is 1. The van der Waals surface area contributed by atoms with Crippen LogP contribution in [0.2, 0.25) is 0 Å². The number of carbonyl (C=O) groups is 1. The molecule has 106 valence electrons. The molecule has 1 aromatic carbocycles. The van der Waals surface area contributed by atoms with E-state index >= 15 is 0 Å². The van der Waals surface area contributed by atoms with Crippen molar-refractivity contribution in [2.45, 2.75) is 33.1 Å². The zero-order chi connectivity index (χ0) is 14.8. The van der Waals surface area contributed by atoms with Crippen molar-refractivity contribution in [3.05, 3.63) is 40.4 Å². The van der Waals surface area contributed by atoms with E-state index in [2.05, 4.69) is 9.59 Å². The molecule has 0 aliphatic rings. The van der Waals surface area contributed by atoms with E-state index in [1.165, 1.54) is 0 Å². The van der Waals surface area contributed by atoms with Crippen LogP contribution in [0.5, 0.6) is 5.75 Å². The summed E-state index contributed by atoms with van der Waals surface area (Å²) in [6.07, 6.45) is 0.